The average molecular weight is 468 g/mol. The first-order valence-electron chi connectivity index (χ1n) is 11.3. The Labute approximate surface area is 200 Å². The van der Waals surface area contributed by atoms with Crippen LogP contribution < -0.4 is 10.6 Å². The Bertz CT molecular complexity index is 1040. The first-order chi connectivity index (χ1) is 16.3. The number of aldehydes is 1. The van der Waals surface area contributed by atoms with Crippen LogP contribution in [0.5, 0.6) is 0 Å². The molecule has 182 valence electrons. The van der Waals surface area contributed by atoms with E-state index in [0.29, 0.717) is 17.9 Å². The Morgan fingerprint density at radius 1 is 1.21 bits per heavy atom. The normalized spacial score (nSPS) is 12.7. The zero-order chi connectivity index (χ0) is 25.3. The van der Waals surface area contributed by atoms with E-state index >= 15 is 0 Å². The zero-order valence-corrected chi connectivity index (χ0v) is 20.4. The highest BCUT2D eigenvalue weighted by Gasteiger charge is 2.32. The lowest BCUT2D eigenvalue weighted by atomic mass is 10.1. The van der Waals surface area contributed by atoms with Gasteiger partial charge >= 0.3 is 6.03 Å². The number of pyridine rings is 1. The van der Waals surface area contributed by atoms with E-state index in [2.05, 4.69) is 15.6 Å². The highest BCUT2D eigenvalue weighted by Crippen LogP contribution is 2.26. The Morgan fingerprint density at radius 2 is 1.94 bits per heavy atom. The number of nitrogens with zero attached hydrogens (tertiary/aromatic N) is 3. The van der Waals surface area contributed by atoms with Crippen molar-refractivity contribution in [3.05, 3.63) is 58.8 Å². The number of amides is 4. The van der Waals surface area contributed by atoms with Crippen molar-refractivity contribution in [1.29, 1.82) is 0 Å². The number of urea groups is 1. The van der Waals surface area contributed by atoms with Crippen molar-refractivity contribution in [2.24, 2.45) is 0 Å². The van der Waals surface area contributed by atoms with E-state index in [4.69, 9.17) is 0 Å². The number of aryl methyl sites for hydroxylation is 1. The molecule has 0 bridgehead atoms. The minimum atomic E-state index is -0.659. The predicted molar refractivity (Wildman–Crippen MR) is 130 cm³/mol. The lowest BCUT2D eigenvalue weighted by Gasteiger charge is -2.23. The number of carbonyl (C=O) groups is 4. The van der Waals surface area contributed by atoms with E-state index in [1.54, 1.807) is 32.3 Å². The molecule has 0 radical (unpaired) electrons. The van der Waals surface area contributed by atoms with Crippen molar-refractivity contribution >= 4 is 29.9 Å². The molecule has 3 rings (SSSR count). The molecule has 1 aliphatic heterocycles. The number of rotatable bonds is 8. The molecule has 0 saturated heterocycles. The first kappa shape index (κ1) is 26.5. The van der Waals surface area contributed by atoms with Crippen molar-refractivity contribution in [1.82, 2.24) is 20.1 Å². The Morgan fingerprint density at radius 3 is 2.59 bits per heavy atom. The summed E-state index contributed by atoms with van der Waals surface area (Å²) in [7, 11) is 3.31. The van der Waals surface area contributed by atoms with Gasteiger partial charge < -0.3 is 19.9 Å². The van der Waals surface area contributed by atoms with Crippen LogP contribution in [-0.4, -0.2) is 59.1 Å². The smallest absolute Gasteiger partial charge is 0.320 e. The van der Waals surface area contributed by atoms with Gasteiger partial charge in [-0.2, -0.15) is 0 Å². The van der Waals surface area contributed by atoms with Gasteiger partial charge in [-0.3, -0.25) is 14.9 Å². The van der Waals surface area contributed by atoms with Crippen LogP contribution in [-0.2, 0) is 22.7 Å². The molecule has 2 aromatic rings. The molecular formula is C25H33N5O4. The van der Waals surface area contributed by atoms with Crippen molar-refractivity contribution in [3.8, 4) is 0 Å². The van der Waals surface area contributed by atoms with Gasteiger partial charge in [0.05, 0.1) is 6.04 Å². The summed E-state index contributed by atoms with van der Waals surface area (Å²) < 4.78 is 0. The molecule has 2 N–H and O–H groups in total. The SMILES string of the molecule is CC.Cc1cccc(NC(=O)NCc2ccc3c(c2)CN(C(C=O)CCC(=O)N(C)C)C3=O)n1. The maximum absolute atomic E-state index is 12.8. The molecule has 1 aromatic heterocycles. The zero-order valence-electron chi connectivity index (χ0n) is 20.4. The van der Waals surface area contributed by atoms with Gasteiger partial charge in [-0.1, -0.05) is 32.0 Å². The van der Waals surface area contributed by atoms with Crippen LogP contribution in [0.4, 0.5) is 10.6 Å². The largest absolute Gasteiger partial charge is 0.349 e. The van der Waals surface area contributed by atoms with Crippen molar-refractivity contribution in [2.45, 2.75) is 52.7 Å². The van der Waals surface area contributed by atoms with Gasteiger partial charge in [0.2, 0.25) is 5.91 Å². The lowest BCUT2D eigenvalue weighted by Crippen LogP contribution is -2.37. The molecule has 0 saturated carbocycles. The average Bonchev–Trinajstić information content (AvgIpc) is 3.15. The van der Waals surface area contributed by atoms with Gasteiger partial charge in [-0.15, -0.1) is 0 Å². The van der Waals surface area contributed by atoms with Crippen LogP contribution in [0.1, 0.15) is 53.9 Å². The third-order valence-corrected chi connectivity index (χ3v) is 5.29. The molecule has 1 unspecified atom stereocenters. The summed E-state index contributed by atoms with van der Waals surface area (Å²) in [5.41, 5.74) is 2.96. The number of fused-ring (bicyclic) bond motifs is 1. The van der Waals surface area contributed by atoms with E-state index in [0.717, 1.165) is 23.1 Å². The second-order valence-corrected chi connectivity index (χ2v) is 7.93. The van der Waals surface area contributed by atoms with Crippen LogP contribution in [0.25, 0.3) is 0 Å². The molecule has 9 nitrogen and oxygen atoms in total. The summed E-state index contributed by atoms with van der Waals surface area (Å²) in [6, 6.07) is 9.65. The quantitative estimate of drug-likeness (QED) is 0.580. The topological polar surface area (TPSA) is 112 Å². The number of hydrogen-bond donors (Lipinski definition) is 2. The summed E-state index contributed by atoms with van der Waals surface area (Å²) in [6.07, 6.45) is 1.19. The molecule has 0 aliphatic carbocycles. The highest BCUT2D eigenvalue weighted by molar-refractivity contribution is 5.99. The monoisotopic (exact) mass is 467 g/mol. The van der Waals surface area contributed by atoms with Crippen LogP contribution in [0, 0.1) is 6.92 Å². The lowest BCUT2D eigenvalue weighted by molar-refractivity contribution is -0.129. The van der Waals surface area contributed by atoms with Crippen LogP contribution >= 0.6 is 0 Å². The van der Waals surface area contributed by atoms with E-state index in [1.807, 2.05) is 39.0 Å². The van der Waals surface area contributed by atoms with E-state index in [1.165, 1.54) is 9.80 Å². The van der Waals surface area contributed by atoms with E-state index in [-0.39, 0.29) is 37.2 Å². The molecule has 34 heavy (non-hydrogen) atoms. The Hall–Kier alpha value is -3.75. The molecular weight excluding hydrogens is 434 g/mol. The van der Waals surface area contributed by atoms with Crippen molar-refractivity contribution < 1.29 is 19.2 Å². The first-order valence-corrected chi connectivity index (χ1v) is 11.3. The predicted octanol–water partition coefficient (Wildman–Crippen LogP) is 3.13. The minimum Gasteiger partial charge on any atom is -0.349 e. The van der Waals surface area contributed by atoms with Crippen LogP contribution in [0.3, 0.4) is 0 Å². The third-order valence-electron chi connectivity index (χ3n) is 5.29. The third kappa shape index (κ3) is 6.87. The van der Waals surface area contributed by atoms with Gasteiger partial charge in [0, 0.05) is 44.9 Å². The molecule has 4 amide bonds. The number of benzene rings is 1. The fraction of sp³-hybridized carbons (Fsp3) is 0.400. The number of anilines is 1. The summed E-state index contributed by atoms with van der Waals surface area (Å²) in [5, 5.41) is 5.45. The van der Waals surface area contributed by atoms with E-state index < -0.39 is 6.04 Å². The fourth-order valence-electron chi connectivity index (χ4n) is 3.52. The molecule has 1 atom stereocenters. The summed E-state index contributed by atoms with van der Waals surface area (Å²) in [4.78, 5) is 55.5. The van der Waals surface area contributed by atoms with E-state index in [9.17, 15) is 19.2 Å². The minimum absolute atomic E-state index is 0.0893. The standard InChI is InChI=1S/C23H27N5O4.C2H6/c1-15-5-4-6-20(25-15)26-23(32)24-12-16-7-9-19-17(11-16)13-28(22(19)31)18(14-29)8-10-21(30)27(2)3;1-2/h4-7,9,11,14,18H,8,10,12-13H2,1-3H3,(H2,24,25,26,32);1-2H3. The number of carbonyl (C=O) groups excluding carboxylic acids is 4. The molecule has 2 heterocycles. The van der Waals surface area contributed by atoms with Gasteiger partial charge in [0.15, 0.2) is 0 Å². The number of aromatic nitrogens is 1. The summed E-state index contributed by atoms with van der Waals surface area (Å²) >= 11 is 0. The number of nitrogens with one attached hydrogen (secondary N) is 2. The second-order valence-electron chi connectivity index (χ2n) is 7.93. The number of hydrogen-bond acceptors (Lipinski definition) is 5. The summed E-state index contributed by atoms with van der Waals surface area (Å²) in [5.74, 6) is 0.149. The van der Waals surface area contributed by atoms with Crippen molar-refractivity contribution in [3.63, 3.8) is 0 Å². The molecule has 0 fully saturated rings. The molecule has 9 heteroatoms. The van der Waals surface area contributed by atoms with Crippen LogP contribution in [0.15, 0.2) is 36.4 Å². The Kier molecular flexibility index (Phi) is 9.73. The maximum atomic E-state index is 12.8. The van der Waals surface area contributed by atoms with Gasteiger partial charge in [0.1, 0.15) is 12.1 Å². The molecule has 1 aliphatic rings. The highest BCUT2D eigenvalue weighted by atomic mass is 16.2. The van der Waals surface area contributed by atoms with Gasteiger partial charge in [-0.25, -0.2) is 9.78 Å². The summed E-state index contributed by atoms with van der Waals surface area (Å²) in [6.45, 7) is 6.40. The fourth-order valence-corrected chi connectivity index (χ4v) is 3.52. The Balaban J connectivity index is 0.00000199. The van der Waals surface area contributed by atoms with Gasteiger partial charge in [-0.05, 0) is 42.7 Å². The second kappa shape index (κ2) is 12.5. The van der Waals surface area contributed by atoms with Crippen molar-refractivity contribution in [2.75, 3.05) is 19.4 Å². The maximum Gasteiger partial charge on any atom is 0.320 e. The molecule has 0 spiro atoms. The molecule has 1 aromatic carbocycles. The van der Waals surface area contributed by atoms with Gasteiger partial charge in [0.25, 0.3) is 5.91 Å². The van der Waals surface area contributed by atoms with Crippen LogP contribution in [0.2, 0.25) is 0 Å².